The van der Waals surface area contributed by atoms with E-state index in [1.807, 2.05) is 6.07 Å². The van der Waals surface area contributed by atoms with E-state index in [4.69, 9.17) is 22.6 Å². The van der Waals surface area contributed by atoms with Crippen LogP contribution in [0.4, 0.5) is 0 Å². The number of carbonyl (C=O) groups excluding carboxylic acids is 1. The summed E-state index contributed by atoms with van der Waals surface area (Å²) in [5.41, 5.74) is 7.39. The van der Waals surface area contributed by atoms with Crippen molar-refractivity contribution in [3.63, 3.8) is 0 Å². The summed E-state index contributed by atoms with van der Waals surface area (Å²) >= 11 is 5.89. The van der Waals surface area contributed by atoms with Crippen LogP contribution >= 0.6 is 11.6 Å². The van der Waals surface area contributed by atoms with Crippen LogP contribution in [0.3, 0.4) is 0 Å². The number of ketones is 1. The molecule has 1 rings (SSSR count). The number of nitrogens with two attached hydrogens (primary N) is 1. The van der Waals surface area contributed by atoms with Crippen LogP contribution in [-0.4, -0.2) is 18.5 Å². The Labute approximate surface area is 110 Å². The van der Waals surface area contributed by atoms with Gasteiger partial charge in [0.05, 0.1) is 17.1 Å². The molecule has 0 aromatic heterocycles. The summed E-state index contributed by atoms with van der Waals surface area (Å²) in [4.78, 5) is 14.5. The number of Topliss-reactive ketones (excluding diaryl/α,β-unsaturated/α-hetero) is 1. The molecule has 0 spiro atoms. The van der Waals surface area contributed by atoms with E-state index in [0.717, 1.165) is 0 Å². The molecule has 0 aliphatic heterocycles. The van der Waals surface area contributed by atoms with Gasteiger partial charge in [0.2, 0.25) is 0 Å². The molecule has 0 aliphatic rings. The highest BCUT2D eigenvalue weighted by Gasteiger charge is 2.02. The van der Waals surface area contributed by atoms with Crippen LogP contribution in [0.25, 0.3) is 5.70 Å². The number of benzene rings is 1. The second-order valence-corrected chi connectivity index (χ2v) is 4.03. The van der Waals surface area contributed by atoms with Crippen molar-refractivity contribution in [1.29, 1.82) is 5.26 Å². The van der Waals surface area contributed by atoms with Crippen LogP contribution in [0.15, 0.2) is 29.3 Å². The van der Waals surface area contributed by atoms with Crippen molar-refractivity contribution in [3.8, 4) is 6.07 Å². The molecule has 0 heterocycles. The smallest absolute Gasteiger partial charge is 0.151 e. The predicted octanol–water partition coefficient (Wildman–Crippen LogP) is 2.17. The highest BCUT2D eigenvalue weighted by molar-refractivity contribution is 6.31. The van der Waals surface area contributed by atoms with Crippen molar-refractivity contribution >= 4 is 29.3 Å². The molecule has 92 valence electrons. The van der Waals surface area contributed by atoms with Crippen molar-refractivity contribution < 1.29 is 4.79 Å². The van der Waals surface area contributed by atoms with E-state index in [9.17, 15) is 4.79 Å². The highest BCUT2D eigenvalue weighted by Crippen LogP contribution is 2.19. The average Bonchev–Trinajstić information content (AvgIpc) is 2.34. The van der Waals surface area contributed by atoms with E-state index in [1.165, 1.54) is 13.1 Å². The lowest BCUT2D eigenvalue weighted by Crippen LogP contribution is -1.98. The second kappa shape index (κ2) is 6.58. The lowest BCUT2D eigenvalue weighted by Gasteiger charge is -2.02. The lowest BCUT2D eigenvalue weighted by atomic mass is 10.1. The molecule has 0 aliphatic carbocycles. The van der Waals surface area contributed by atoms with Gasteiger partial charge in [-0.05, 0) is 30.7 Å². The zero-order valence-corrected chi connectivity index (χ0v) is 10.6. The van der Waals surface area contributed by atoms with E-state index >= 15 is 0 Å². The number of nitriles is 1. The van der Waals surface area contributed by atoms with Crippen LogP contribution in [0.5, 0.6) is 0 Å². The maximum absolute atomic E-state index is 10.7. The number of aliphatic imine (C=N–C) groups is 1. The Balaban J connectivity index is 2.84. The number of hydrogen-bond acceptors (Lipinski definition) is 4. The Kier molecular flexibility index (Phi) is 5.09. The third-order valence-electron chi connectivity index (χ3n) is 2.10. The molecule has 0 saturated heterocycles. The zero-order chi connectivity index (χ0) is 13.5. The molecular formula is C13H12ClN3O. The fourth-order valence-electron chi connectivity index (χ4n) is 1.20. The summed E-state index contributed by atoms with van der Waals surface area (Å²) in [5.74, 6) is -0.0142. The second-order valence-electron chi connectivity index (χ2n) is 3.62. The Morgan fingerprint density at radius 2 is 2.33 bits per heavy atom. The molecule has 0 amide bonds. The maximum Gasteiger partial charge on any atom is 0.151 e. The molecule has 4 nitrogen and oxygen atoms in total. The first-order valence-corrected chi connectivity index (χ1v) is 5.57. The fourth-order valence-corrected chi connectivity index (χ4v) is 1.42. The quantitative estimate of drug-likeness (QED) is 0.844. The van der Waals surface area contributed by atoms with E-state index in [0.29, 0.717) is 21.8 Å². The first-order chi connectivity index (χ1) is 8.54. The van der Waals surface area contributed by atoms with E-state index in [-0.39, 0.29) is 12.3 Å². The van der Waals surface area contributed by atoms with Gasteiger partial charge in [-0.1, -0.05) is 17.7 Å². The van der Waals surface area contributed by atoms with Crippen molar-refractivity contribution in [2.45, 2.75) is 6.92 Å². The number of hydrogen-bond donors (Lipinski definition) is 1. The predicted molar refractivity (Wildman–Crippen MR) is 72.4 cm³/mol. The van der Waals surface area contributed by atoms with Crippen molar-refractivity contribution in [2.75, 3.05) is 6.54 Å². The van der Waals surface area contributed by atoms with E-state index < -0.39 is 0 Å². The summed E-state index contributed by atoms with van der Waals surface area (Å²) in [7, 11) is 0. The number of halogens is 1. The molecule has 2 N–H and O–H groups in total. The third kappa shape index (κ3) is 4.04. The standard InChI is InChI=1S/C13H12ClN3O/c1-9(18)8-17-5-4-13(16)10-2-3-11(7-15)12(14)6-10/h2-6H,8,16H2,1H3/b13-4-,17-5?. The first kappa shape index (κ1) is 13.9. The summed E-state index contributed by atoms with van der Waals surface area (Å²) in [6.45, 7) is 1.60. The molecule has 0 atom stereocenters. The summed E-state index contributed by atoms with van der Waals surface area (Å²) in [5, 5.41) is 9.09. The highest BCUT2D eigenvalue weighted by atomic mass is 35.5. The maximum atomic E-state index is 10.7. The van der Waals surface area contributed by atoms with Crippen LogP contribution in [0.2, 0.25) is 5.02 Å². The van der Waals surface area contributed by atoms with Gasteiger partial charge in [0.25, 0.3) is 0 Å². The van der Waals surface area contributed by atoms with Gasteiger partial charge in [-0.15, -0.1) is 0 Å². The normalized spacial score (nSPS) is 11.5. The van der Waals surface area contributed by atoms with E-state index in [2.05, 4.69) is 4.99 Å². The van der Waals surface area contributed by atoms with Crippen molar-refractivity contribution in [1.82, 2.24) is 0 Å². The summed E-state index contributed by atoms with van der Waals surface area (Å²) in [6, 6.07) is 6.89. The monoisotopic (exact) mass is 261 g/mol. The number of carbonyl (C=O) groups is 1. The molecule has 5 heteroatoms. The average molecular weight is 262 g/mol. The van der Waals surface area contributed by atoms with Crippen molar-refractivity contribution in [2.24, 2.45) is 10.7 Å². The molecule has 0 bridgehead atoms. The lowest BCUT2D eigenvalue weighted by molar-refractivity contribution is -0.115. The van der Waals surface area contributed by atoms with E-state index in [1.54, 1.807) is 24.3 Å². The fraction of sp³-hybridized carbons (Fsp3) is 0.154. The Bertz CT molecular complexity index is 556. The van der Waals surface area contributed by atoms with Gasteiger partial charge in [-0.2, -0.15) is 5.26 Å². The molecular weight excluding hydrogens is 250 g/mol. The van der Waals surface area contributed by atoms with Crippen molar-refractivity contribution in [3.05, 3.63) is 40.4 Å². The Morgan fingerprint density at radius 3 is 2.89 bits per heavy atom. The molecule has 0 radical (unpaired) electrons. The Morgan fingerprint density at radius 1 is 1.61 bits per heavy atom. The number of nitrogens with zero attached hydrogens (tertiary/aromatic N) is 2. The van der Waals surface area contributed by atoms with Gasteiger partial charge in [0, 0.05) is 11.9 Å². The van der Waals surface area contributed by atoms with Crippen LogP contribution in [-0.2, 0) is 4.79 Å². The summed E-state index contributed by atoms with van der Waals surface area (Å²) in [6.07, 6.45) is 3.06. The van der Waals surface area contributed by atoms with Gasteiger partial charge in [0.15, 0.2) is 5.78 Å². The van der Waals surface area contributed by atoms with Gasteiger partial charge >= 0.3 is 0 Å². The van der Waals surface area contributed by atoms with Gasteiger partial charge < -0.3 is 5.73 Å². The molecule has 1 aromatic rings. The van der Waals surface area contributed by atoms with Crippen LogP contribution in [0, 0.1) is 11.3 Å². The minimum absolute atomic E-state index is 0.0142. The molecule has 18 heavy (non-hydrogen) atoms. The first-order valence-electron chi connectivity index (χ1n) is 5.19. The molecule has 0 fully saturated rings. The number of rotatable bonds is 4. The SMILES string of the molecule is CC(=O)CN=C/C=C(\N)c1ccc(C#N)c(Cl)c1. The zero-order valence-electron chi connectivity index (χ0n) is 9.85. The van der Waals surface area contributed by atoms with Gasteiger partial charge in [0.1, 0.15) is 6.07 Å². The van der Waals surface area contributed by atoms with Gasteiger partial charge in [-0.25, -0.2) is 0 Å². The molecule has 0 unspecified atom stereocenters. The topological polar surface area (TPSA) is 79.2 Å². The van der Waals surface area contributed by atoms with Crippen LogP contribution < -0.4 is 5.73 Å². The van der Waals surface area contributed by atoms with Crippen LogP contribution in [0.1, 0.15) is 18.1 Å². The molecule has 1 aromatic carbocycles. The van der Waals surface area contributed by atoms with Gasteiger partial charge in [-0.3, -0.25) is 9.79 Å². The minimum atomic E-state index is -0.0142. The molecule has 0 saturated carbocycles. The Hall–Kier alpha value is -2.12. The third-order valence-corrected chi connectivity index (χ3v) is 2.41. The number of allylic oxidation sites excluding steroid dienone is 1. The summed E-state index contributed by atoms with van der Waals surface area (Å²) < 4.78 is 0. The largest absolute Gasteiger partial charge is 0.398 e. The minimum Gasteiger partial charge on any atom is -0.398 e.